The zero-order chi connectivity index (χ0) is 16.8. The van der Waals surface area contributed by atoms with E-state index < -0.39 is 0 Å². The molecule has 5 rings (SSSR count). The molecule has 0 saturated heterocycles. The number of halogens is 1. The Hall–Kier alpha value is -3.05. The second-order valence-electron chi connectivity index (χ2n) is 5.72. The molecule has 0 bridgehead atoms. The van der Waals surface area contributed by atoms with Crippen molar-refractivity contribution in [2.45, 2.75) is 0 Å². The monoisotopic (exact) mass is 349 g/mol. The van der Waals surface area contributed by atoms with Crippen molar-refractivity contribution in [3.05, 3.63) is 66.2 Å². The van der Waals surface area contributed by atoms with Crippen LogP contribution in [0.5, 0.6) is 11.5 Å². The number of nitrogens with zero attached hydrogens (tertiary/aromatic N) is 3. The van der Waals surface area contributed by atoms with Crippen LogP contribution in [0.3, 0.4) is 0 Å². The van der Waals surface area contributed by atoms with Crippen LogP contribution in [0.1, 0.15) is 0 Å². The molecule has 5 nitrogen and oxygen atoms in total. The Morgan fingerprint density at radius 2 is 1.76 bits per heavy atom. The summed E-state index contributed by atoms with van der Waals surface area (Å²) in [6.45, 7) is 0.260. The molecule has 0 amide bonds. The van der Waals surface area contributed by atoms with E-state index in [1.807, 2.05) is 53.4 Å². The molecular weight excluding hydrogens is 338 g/mol. The maximum atomic E-state index is 6.02. The van der Waals surface area contributed by atoms with Gasteiger partial charge < -0.3 is 9.47 Å². The molecule has 4 aromatic rings. The molecule has 2 aromatic heterocycles. The van der Waals surface area contributed by atoms with Crippen molar-refractivity contribution in [1.29, 1.82) is 0 Å². The van der Waals surface area contributed by atoms with Gasteiger partial charge in [-0.05, 0) is 47.5 Å². The Labute approximate surface area is 148 Å². The fourth-order valence-corrected chi connectivity index (χ4v) is 3.18. The quantitative estimate of drug-likeness (QED) is 0.501. The van der Waals surface area contributed by atoms with Crippen LogP contribution >= 0.6 is 11.6 Å². The predicted molar refractivity (Wildman–Crippen MR) is 95.4 cm³/mol. The van der Waals surface area contributed by atoms with Crippen LogP contribution in [0.25, 0.3) is 27.8 Å². The van der Waals surface area contributed by atoms with E-state index in [1.54, 1.807) is 6.20 Å². The summed E-state index contributed by atoms with van der Waals surface area (Å²) < 4.78 is 12.9. The average molecular weight is 350 g/mol. The predicted octanol–water partition coefficient (Wildman–Crippen LogP) is 4.47. The molecule has 1 aliphatic heterocycles. The zero-order valence-corrected chi connectivity index (χ0v) is 13.8. The molecule has 0 fully saturated rings. The van der Waals surface area contributed by atoms with Gasteiger partial charge >= 0.3 is 0 Å². The van der Waals surface area contributed by atoms with E-state index in [4.69, 9.17) is 21.1 Å². The second kappa shape index (κ2) is 5.50. The topological polar surface area (TPSA) is 49.2 Å². The molecule has 0 atom stereocenters. The van der Waals surface area contributed by atoms with Crippen LogP contribution in [-0.2, 0) is 0 Å². The molecule has 2 aromatic carbocycles. The van der Waals surface area contributed by atoms with Crippen molar-refractivity contribution >= 4 is 22.6 Å². The van der Waals surface area contributed by atoms with Crippen molar-refractivity contribution in [2.75, 3.05) is 6.79 Å². The minimum Gasteiger partial charge on any atom is -0.454 e. The highest BCUT2D eigenvalue weighted by Gasteiger charge is 2.15. The number of imidazole rings is 1. The number of hydrogen-bond acceptors (Lipinski definition) is 4. The summed E-state index contributed by atoms with van der Waals surface area (Å²) in [7, 11) is 0. The van der Waals surface area contributed by atoms with Crippen molar-refractivity contribution in [2.24, 2.45) is 0 Å². The molecular formula is C19H12ClN3O2. The highest BCUT2D eigenvalue weighted by atomic mass is 35.5. The number of pyridine rings is 1. The minimum atomic E-state index is 0.260. The Morgan fingerprint density at radius 3 is 2.68 bits per heavy atom. The second-order valence-corrected chi connectivity index (χ2v) is 6.11. The van der Waals surface area contributed by atoms with E-state index in [0.717, 1.165) is 39.3 Å². The number of fused-ring (bicyclic) bond motifs is 2. The van der Waals surface area contributed by atoms with Crippen LogP contribution in [0, 0.1) is 0 Å². The lowest BCUT2D eigenvalue weighted by Gasteiger charge is -2.07. The Balaban J connectivity index is 1.66. The summed E-state index contributed by atoms with van der Waals surface area (Å²) >= 11 is 6.02. The lowest BCUT2D eigenvalue weighted by atomic mass is 10.1. The normalized spacial score (nSPS) is 12.7. The van der Waals surface area contributed by atoms with Crippen LogP contribution in [0.2, 0.25) is 5.15 Å². The van der Waals surface area contributed by atoms with E-state index in [2.05, 4.69) is 16.0 Å². The van der Waals surface area contributed by atoms with E-state index in [0.29, 0.717) is 5.15 Å². The first-order valence-electron chi connectivity index (χ1n) is 7.77. The Kier molecular flexibility index (Phi) is 3.15. The van der Waals surface area contributed by atoms with Crippen LogP contribution in [0.15, 0.2) is 61.1 Å². The summed E-state index contributed by atoms with van der Waals surface area (Å²) in [5.74, 6) is 1.51. The maximum absolute atomic E-state index is 6.02. The number of aromatic nitrogens is 3. The zero-order valence-electron chi connectivity index (χ0n) is 13.0. The van der Waals surface area contributed by atoms with Crippen molar-refractivity contribution < 1.29 is 9.47 Å². The van der Waals surface area contributed by atoms with Crippen LogP contribution in [0.4, 0.5) is 0 Å². The summed E-state index contributed by atoms with van der Waals surface area (Å²) in [6.07, 6.45) is 3.52. The molecule has 0 saturated carbocycles. The largest absolute Gasteiger partial charge is 0.454 e. The highest BCUT2D eigenvalue weighted by Crippen LogP contribution is 2.35. The van der Waals surface area contributed by atoms with E-state index in [9.17, 15) is 0 Å². The lowest BCUT2D eigenvalue weighted by Crippen LogP contribution is -1.93. The van der Waals surface area contributed by atoms with Gasteiger partial charge in [0.25, 0.3) is 0 Å². The number of rotatable bonds is 2. The van der Waals surface area contributed by atoms with Gasteiger partial charge in [0.15, 0.2) is 11.5 Å². The molecule has 0 N–H and O–H groups in total. The number of benzene rings is 2. The van der Waals surface area contributed by atoms with E-state index in [1.165, 1.54) is 0 Å². The molecule has 0 radical (unpaired) electrons. The molecule has 6 heteroatoms. The Bertz CT molecular complexity index is 1110. The van der Waals surface area contributed by atoms with Crippen molar-refractivity contribution in [1.82, 2.24) is 14.5 Å². The summed E-state index contributed by atoms with van der Waals surface area (Å²) in [4.78, 5) is 8.53. The van der Waals surface area contributed by atoms with Gasteiger partial charge in [0.05, 0.1) is 16.7 Å². The van der Waals surface area contributed by atoms with Gasteiger partial charge in [-0.3, -0.25) is 4.57 Å². The first-order valence-corrected chi connectivity index (χ1v) is 8.15. The van der Waals surface area contributed by atoms with Crippen molar-refractivity contribution in [3.63, 3.8) is 0 Å². The van der Waals surface area contributed by atoms with Gasteiger partial charge in [-0.2, -0.15) is 0 Å². The smallest absolute Gasteiger partial charge is 0.231 e. The third kappa shape index (κ3) is 2.40. The average Bonchev–Trinajstić information content (AvgIpc) is 3.27. The fraction of sp³-hybridized carbons (Fsp3) is 0.0526. The van der Waals surface area contributed by atoms with Crippen LogP contribution in [-0.4, -0.2) is 21.3 Å². The molecule has 0 aliphatic carbocycles. The van der Waals surface area contributed by atoms with Gasteiger partial charge in [0, 0.05) is 12.3 Å². The third-order valence-electron chi connectivity index (χ3n) is 4.24. The number of ether oxygens (including phenoxy) is 2. The molecule has 1 aliphatic rings. The Morgan fingerprint density at radius 1 is 0.880 bits per heavy atom. The van der Waals surface area contributed by atoms with Gasteiger partial charge in [-0.1, -0.05) is 17.7 Å². The van der Waals surface area contributed by atoms with E-state index in [-0.39, 0.29) is 6.79 Å². The van der Waals surface area contributed by atoms with Crippen molar-refractivity contribution in [3.8, 4) is 28.3 Å². The summed E-state index contributed by atoms with van der Waals surface area (Å²) in [5.41, 5.74) is 4.96. The fourth-order valence-electron chi connectivity index (χ4n) is 3.01. The molecule has 3 heterocycles. The third-order valence-corrected chi connectivity index (χ3v) is 4.45. The first-order chi connectivity index (χ1) is 12.3. The SMILES string of the molecule is Clc1cc(-c2ccc3ncn(-c4ccc5c(c4)OCO5)c3c2)ccn1. The highest BCUT2D eigenvalue weighted by molar-refractivity contribution is 6.29. The minimum absolute atomic E-state index is 0.260. The van der Waals surface area contributed by atoms with Gasteiger partial charge in [0.1, 0.15) is 11.5 Å². The van der Waals surface area contributed by atoms with Gasteiger partial charge in [-0.25, -0.2) is 9.97 Å². The first kappa shape index (κ1) is 14.3. The van der Waals surface area contributed by atoms with Crippen LogP contribution < -0.4 is 9.47 Å². The van der Waals surface area contributed by atoms with Gasteiger partial charge in [-0.15, -0.1) is 0 Å². The molecule has 0 unspecified atom stereocenters. The number of hydrogen-bond donors (Lipinski definition) is 0. The summed E-state index contributed by atoms with van der Waals surface area (Å²) in [5, 5.41) is 0.474. The molecule has 0 spiro atoms. The summed E-state index contributed by atoms with van der Waals surface area (Å²) in [6, 6.07) is 15.8. The molecule has 25 heavy (non-hydrogen) atoms. The van der Waals surface area contributed by atoms with E-state index >= 15 is 0 Å². The lowest BCUT2D eigenvalue weighted by molar-refractivity contribution is 0.174. The van der Waals surface area contributed by atoms with Gasteiger partial charge in [0.2, 0.25) is 6.79 Å². The standard InChI is InChI=1S/C19H12ClN3O2/c20-19-8-13(5-6-21-19)12-1-3-15-16(7-12)23(10-22-15)14-2-4-17-18(9-14)25-11-24-17/h1-10H,11H2. The maximum Gasteiger partial charge on any atom is 0.231 e. The molecule has 122 valence electrons.